The number of aryl methyl sites for hydroxylation is 1. The average molecular weight is 554 g/mol. The van der Waals surface area contributed by atoms with Crippen LogP contribution in [0.2, 0.25) is 0 Å². The fourth-order valence-corrected chi connectivity index (χ4v) is 6.47. The van der Waals surface area contributed by atoms with Crippen molar-refractivity contribution >= 4 is 43.8 Å². The molecule has 6 rings (SSSR count). The quantitative estimate of drug-likeness (QED) is 0.276. The Morgan fingerprint density at radius 1 is 1.17 bits per heavy atom. The molecular formula is C26H32BrN7O2. The zero-order valence-electron chi connectivity index (χ0n) is 20.3. The van der Waals surface area contributed by atoms with Crippen LogP contribution in [0.1, 0.15) is 37.5 Å². The van der Waals surface area contributed by atoms with Gasteiger partial charge < -0.3 is 30.4 Å². The number of nitrogens with one attached hydrogen (secondary N) is 1. The largest absolute Gasteiger partial charge is 0.390 e. The molecule has 2 aliphatic carbocycles. The van der Waals surface area contributed by atoms with Gasteiger partial charge in [-0.15, -0.1) is 0 Å². The number of aromatic nitrogens is 5. The van der Waals surface area contributed by atoms with Crippen molar-refractivity contribution in [3.8, 4) is 0 Å². The molecule has 2 fully saturated rings. The van der Waals surface area contributed by atoms with Gasteiger partial charge in [0.05, 0.1) is 28.6 Å². The summed E-state index contributed by atoms with van der Waals surface area (Å²) >= 11 is 3.51. The summed E-state index contributed by atoms with van der Waals surface area (Å²) in [7, 11) is 2.14. The molecule has 3 aromatic heterocycles. The molecule has 0 saturated heterocycles. The molecule has 3 heterocycles. The Balaban J connectivity index is 1.02. The monoisotopic (exact) mass is 553 g/mol. The van der Waals surface area contributed by atoms with Crippen LogP contribution < -0.4 is 5.73 Å². The Morgan fingerprint density at radius 2 is 2.00 bits per heavy atom. The Hall–Kier alpha value is -2.53. The molecule has 5 N–H and O–H groups in total. The van der Waals surface area contributed by atoms with Gasteiger partial charge in [-0.25, -0.2) is 15.0 Å². The predicted molar refractivity (Wildman–Crippen MR) is 142 cm³/mol. The van der Waals surface area contributed by atoms with Crippen LogP contribution in [0.15, 0.2) is 41.3 Å². The number of imidazole rings is 1. The van der Waals surface area contributed by atoms with Crippen molar-refractivity contribution in [2.45, 2.75) is 56.4 Å². The van der Waals surface area contributed by atoms with Crippen molar-refractivity contribution in [2.24, 2.45) is 11.8 Å². The van der Waals surface area contributed by atoms with Gasteiger partial charge in [0.2, 0.25) is 0 Å². The van der Waals surface area contributed by atoms with E-state index >= 15 is 0 Å². The van der Waals surface area contributed by atoms with Gasteiger partial charge in [-0.2, -0.15) is 0 Å². The highest BCUT2D eigenvalue weighted by atomic mass is 79.9. The minimum absolute atomic E-state index is 0.000515. The zero-order chi connectivity index (χ0) is 25.0. The standard InChI is InChI=1S/C26H32BrN7O2/c1-33(17-8-14(9-17)2-5-22-31-19-4-3-16(27)11-20(19)32-22)12-15-10-21(24(36)23(15)35)34-7-6-18-25(28)29-13-30-26(18)34/h3-4,6-7,11,13-15,17,21,23-24,35-36H,2,5,8-10,12H2,1H3,(H,31,32)(H2,28,29,30)/t14-,15-,17+,21-,23-,24+/m1/s1. The third kappa shape index (κ3) is 4.30. The van der Waals surface area contributed by atoms with E-state index < -0.39 is 12.2 Å². The first-order valence-electron chi connectivity index (χ1n) is 12.6. The summed E-state index contributed by atoms with van der Waals surface area (Å²) in [6.07, 6.45) is 6.83. The molecule has 2 saturated carbocycles. The first-order valence-corrected chi connectivity index (χ1v) is 13.4. The molecule has 0 bridgehead atoms. The number of nitrogens with zero attached hydrogens (tertiary/aromatic N) is 5. The van der Waals surface area contributed by atoms with Crippen LogP contribution in [0.25, 0.3) is 22.1 Å². The van der Waals surface area contributed by atoms with Crippen molar-refractivity contribution < 1.29 is 10.2 Å². The van der Waals surface area contributed by atoms with E-state index in [0.717, 1.165) is 58.9 Å². The number of hydrogen-bond acceptors (Lipinski definition) is 7. The number of aliphatic hydroxyl groups is 2. The number of nitrogen functional groups attached to an aromatic ring is 1. The second-order valence-corrected chi connectivity index (χ2v) is 11.5. The number of aromatic amines is 1. The SMILES string of the molecule is CN(C[C@H]1C[C@@H](n2ccc3c(N)ncnc32)[C@H](O)[C@@H]1O)[C@H]1C[C@@H](CCc2nc3cc(Br)ccc3[nH]2)C1. The first kappa shape index (κ1) is 23.8. The number of aliphatic hydroxyl groups excluding tert-OH is 2. The summed E-state index contributed by atoms with van der Waals surface area (Å²) in [6.45, 7) is 0.765. The van der Waals surface area contributed by atoms with E-state index in [2.05, 4.69) is 48.9 Å². The molecule has 0 unspecified atom stereocenters. The second kappa shape index (κ2) is 9.41. The van der Waals surface area contributed by atoms with Crippen molar-refractivity contribution in [3.05, 3.63) is 47.1 Å². The molecule has 36 heavy (non-hydrogen) atoms. The number of H-pyrrole nitrogens is 1. The molecule has 0 amide bonds. The van der Waals surface area contributed by atoms with E-state index in [4.69, 9.17) is 10.7 Å². The van der Waals surface area contributed by atoms with Crippen molar-refractivity contribution in [2.75, 3.05) is 19.3 Å². The maximum Gasteiger partial charge on any atom is 0.145 e. The van der Waals surface area contributed by atoms with Gasteiger partial charge in [-0.3, -0.25) is 0 Å². The Kier molecular flexibility index (Phi) is 6.23. The third-order valence-corrected chi connectivity index (χ3v) is 8.80. The highest BCUT2D eigenvalue weighted by molar-refractivity contribution is 9.10. The van der Waals surface area contributed by atoms with Gasteiger partial charge in [0.1, 0.15) is 29.7 Å². The molecular weight excluding hydrogens is 522 g/mol. The molecule has 0 radical (unpaired) electrons. The summed E-state index contributed by atoms with van der Waals surface area (Å²) in [4.78, 5) is 18.9. The Bertz CT molecular complexity index is 1380. The molecule has 10 heteroatoms. The van der Waals surface area contributed by atoms with Crippen LogP contribution in [0.3, 0.4) is 0 Å². The number of nitrogens with two attached hydrogens (primary N) is 1. The van der Waals surface area contributed by atoms with Gasteiger partial charge in [-0.05, 0) is 62.9 Å². The molecule has 1 aromatic carbocycles. The highest BCUT2D eigenvalue weighted by Crippen LogP contribution is 2.40. The lowest BCUT2D eigenvalue weighted by Gasteiger charge is -2.42. The van der Waals surface area contributed by atoms with Crippen LogP contribution >= 0.6 is 15.9 Å². The summed E-state index contributed by atoms with van der Waals surface area (Å²) in [5.41, 5.74) is 8.76. The summed E-state index contributed by atoms with van der Waals surface area (Å²) in [5.74, 6) is 2.18. The minimum Gasteiger partial charge on any atom is -0.390 e. The lowest BCUT2D eigenvalue weighted by molar-refractivity contribution is -0.00658. The van der Waals surface area contributed by atoms with E-state index in [0.29, 0.717) is 29.8 Å². The van der Waals surface area contributed by atoms with Gasteiger partial charge in [0.15, 0.2) is 0 Å². The Morgan fingerprint density at radius 3 is 2.83 bits per heavy atom. The first-order chi connectivity index (χ1) is 17.4. The molecule has 0 spiro atoms. The smallest absolute Gasteiger partial charge is 0.145 e. The summed E-state index contributed by atoms with van der Waals surface area (Å²) < 4.78 is 2.99. The fraction of sp³-hybridized carbons (Fsp3) is 0.500. The molecule has 0 aliphatic heterocycles. The van der Waals surface area contributed by atoms with Gasteiger partial charge in [0.25, 0.3) is 0 Å². The maximum absolute atomic E-state index is 10.9. The van der Waals surface area contributed by atoms with E-state index in [1.807, 2.05) is 29.0 Å². The second-order valence-electron chi connectivity index (χ2n) is 10.6. The van der Waals surface area contributed by atoms with Crippen LogP contribution in [0.4, 0.5) is 5.82 Å². The maximum atomic E-state index is 10.9. The Labute approximate surface area is 217 Å². The third-order valence-electron chi connectivity index (χ3n) is 8.31. The van der Waals surface area contributed by atoms with E-state index in [-0.39, 0.29) is 12.0 Å². The normalized spacial score (nSPS) is 28.4. The number of rotatable bonds is 7. The zero-order valence-corrected chi connectivity index (χ0v) is 21.8. The van der Waals surface area contributed by atoms with Gasteiger partial charge in [0, 0.05) is 35.6 Å². The van der Waals surface area contributed by atoms with E-state index in [1.165, 1.54) is 6.33 Å². The van der Waals surface area contributed by atoms with Crippen molar-refractivity contribution in [3.63, 3.8) is 0 Å². The average Bonchev–Trinajstić information content (AvgIpc) is 3.50. The summed E-state index contributed by atoms with van der Waals surface area (Å²) in [6, 6.07) is 8.30. The molecule has 9 nitrogen and oxygen atoms in total. The van der Waals surface area contributed by atoms with Crippen LogP contribution in [0, 0.1) is 11.8 Å². The predicted octanol–water partition coefficient (Wildman–Crippen LogP) is 3.28. The minimum atomic E-state index is -0.839. The van der Waals surface area contributed by atoms with Crippen LogP contribution in [0.5, 0.6) is 0 Å². The number of benzene rings is 1. The van der Waals surface area contributed by atoms with Crippen molar-refractivity contribution in [1.29, 1.82) is 0 Å². The number of anilines is 1. The van der Waals surface area contributed by atoms with Gasteiger partial charge in [-0.1, -0.05) is 15.9 Å². The molecule has 4 aromatic rings. The van der Waals surface area contributed by atoms with Crippen molar-refractivity contribution in [1.82, 2.24) is 29.4 Å². The summed E-state index contributed by atoms with van der Waals surface area (Å²) in [5, 5.41) is 22.5. The molecule has 2 aliphatic rings. The molecule has 4 atom stereocenters. The lowest BCUT2D eigenvalue weighted by Crippen LogP contribution is -2.46. The lowest BCUT2D eigenvalue weighted by atomic mass is 9.76. The van der Waals surface area contributed by atoms with Gasteiger partial charge >= 0.3 is 0 Å². The number of hydrogen-bond donors (Lipinski definition) is 4. The topological polar surface area (TPSA) is 129 Å². The van der Waals surface area contributed by atoms with Crippen LogP contribution in [-0.2, 0) is 6.42 Å². The fourth-order valence-electron chi connectivity index (χ4n) is 6.12. The van der Waals surface area contributed by atoms with E-state index in [9.17, 15) is 10.2 Å². The molecule has 190 valence electrons. The van der Waals surface area contributed by atoms with E-state index in [1.54, 1.807) is 0 Å². The van der Waals surface area contributed by atoms with Crippen LogP contribution in [-0.4, -0.2) is 71.5 Å². The number of fused-ring (bicyclic) bond motifs is 2. The number of halogens is 1. The highest BCUT2D eigenvalue weighted by Gasteiger charge is 2.44.